The van der Waals surface area contributed by atoms with Crippen LogP contribution in [0.5, 0.6) is 0 Å². The third-order valence-electron chi connectivity index (χ3n) is 3.53. The van der Waals surface area contributed by atoms with Gasteiger partial charge in [-0.2, -0.15) is 0 Å². The SMILES string of the molecule is CCC(CN)C1(c2ccncc2)COC1. The van der Waals surface area contributed by atoms with Gasteiger partial charge in [0.2, 0.25) is 0 Å². The van der Waals surface area contributed by atoms with E-state index in [9.17, 15) is 0 Å². The zero-order valence-electron chi connectivity index (χ0n) is 9.15. The van der Waals surface area contributed by atoms with Gasteiger partial charge in [0.15, 0.2) is 0 Å². The Labute approximate surface area is 90.7 Å². The average molecular weight is 206 g/mol. The third kappa shape index (κ3) is 1.66. The zero-order chi connectivity index (χ0) is 10.7. The molecular formula is C12H18N2O. The Morgan fingerprint density at radius 2 is 2.13 bits per heavy atom. The molecule has 0 aromatic carbocycles. The van der Waals surface area contributed by atoms with Crippen LogP contribution in [-0.2, 0) is 10.2 Å². The molecule has 1 atom stereocenters. The molecule has 0 spiro atoms. The summed E-state index contributed by atoms with van der Waals surface area (Å²) >= 11 is 0. The van der Waals surface area contributed by atoms with E-state index in [1.807, 2.05) is 12.4 Å². The minimum Gasteiger partial charge on any atom is -0.379 e. The van der Waals surface area contributed by atoms with Crippen LogP contribution < -0.4 is 5.73 Å². The van der Waals surface area contributed by atoms with E-state index < -0.39 is 0 Å². The smallest absolute Gasteiger partial charge is 0.0588 e. The van der Waals surface area contributed by atoms with E-state index in [2.05, 4.69) is 24.0 Å². The number of pyridine rings is 1. The Morgan fingerprint density at radius 3 is 2.53 bits per heavy atom. The summed E-state index contributed by atoms with van der Waals surface area (Å²) < 4.78 is 5.40. The van der Waals surface area contributed by atoms with Gasteiger partial charge in [-0.05, 0) is 30.2 Å². The lowest BCUT2D eigenvalue weighted by Crippen LogP contribution is -2.54. The highest BCUT2D eigenvalue weighted by Gasteiger charge is 2.45. The highest BCUT2D eigenvalue weighted by atomic mass is 16.5. The molecule has 0 aliphatic carbocycles. The van der Waals surface area contributed by atoms with Gasteiger partial charge < -0.3 is 10.5 Å². The molecule has 0 amide bonds. The molecule has 15 heavy (non-hydrogen) atoms. The first-order chi connectivity index (χ1) is 7.33. The maximum absolute atomic E-state index is 5.85. The van der Waals surface area contributed by atoms with Gasteiger partial charge in [-0.25, -0.2) is 0 Å². The van der Waals surface area contributed by atoms with E-state index >= 15 is 0 Å². The van der Waals surface area contributed by atoms with Gasteiger partial charge >= 0.3 is 0 Å². The molecule has 2 rings (SSSR count). The van der Waals surface area contributed by atoms with Gasteiger partial charge in [0, 0.05) is 17.8 Å². The molecule has 0 radical (unpaired) electrons. The summed E-state index contributed by atoms with van der Waals surface area (Å²) in [7, 11) is 0. The molecule has 1 aliphatic heterocycles. The lowest BCUT2D eigenvalue weighted by atomic mass is 9.68. The zero-order valence-corrected chi connectivity index (χ0v) is 9.15. The van der Waals surface area contributed by atoms with Crippen LogP contribution in [-0.4, -0.2) is 24.7 Å². The van der Waals surface area contributed by atoms with Gasteiger partial charge in [0.1, 0.15) is 0 Å². The first-order valence-electron chi connectivity index (χ1n) is 5.52. The summed E-state index contributed by atoms with van der Waals surface area (Å²) in [6, 6.07) is 4.17. The molecule has 82 valence electrons. The van der Waals surface area contributed by atoms with Gasteiger partial charge in [-0.15, -0.1) is 0 Å². The van der Waals surface area contributed by atoms with Crippen LogP contribution in [0.15, 0.2) is 24.5 Å². The van der Waals surface area contributed by atoms with Crippen LogP contribution in [0.1, 0.15) is 18.9 Å². The fraction of sp³-hybridized carbons (Fsp3) is 0.583. The minimum atomic E-state index is 0.145. The van der Waals surface area contributed by atoms with Crippen molar-refractivity contribution in [2.45, 2.75) is 18.8 Å². The van der Waals surface area contributed by atoms with Gasteiger partial charge in [-0.1, -0.05) is 13.3 Å². The van der Waals surface area contributed by atoms with Crippen LogP contribution in [0.2, 0.25) is 0 Å². The van der Waals surface area contributed by atoms with E-state index in [-0.39, 0.29) is 5.41 Å². The number of hydrogen-bond donors (Lipinski definition) is 1. The maximum Gasteiger partial charge on any atom is 0.0588 e. The Hall–Kier alpha value is -0.930. The van der Waals surface area contributed by atoms with E-state index in [1.54, 1.807) is 0 Å². The standard InChI is InChI=1S/C12H18N2O/c1-2-10(7-13)12(8-15-9-12)11-3-5-14-6-4-11/h3-6,10H,2,7-9,13H2,1H3. The summed E-state index contributed by atoms with van der Waals surface area (Å²) in [5.74, 6) is 0.508. The van der Waals surface area contributed by atoms with Gasteiger partial charge in [0.25, 0.3) is 0 Å². The number of ether oxygens (including phenoxy) is 1. The summed E-state index contributed by atoms with van der Waals surface area (Å²) in [5, 5.41) is 0. The molecule has 3 heteroatoms. The van der Waals surface area contributed by atoms with E-state index in [0.717, 1.165) is 26.2 Å². The lowest BCUT2D eigenvalue weighted by molar-refractivity contribution is -0.0898. The van der Waals surface area contributed by atoms with Gasteiger partial charge in [-0.3, -0.25) is 4.98 Å². The summed E-state index contributed by atoms with van der Waals surface area (Å²) in [5.41, 5.74) is 7.31. The molecule has 0 saturated carbocycles. The highest BCUT2D eigenvalue weighted by Crippen LogP contribution is 2.40. The van der Waals surface area contributed by atoms with Crippen LogP contribution in [0.3, 0.4) is 0 Å². The molecule has 2 N–H and O–H groups in total. The number of rotatable bonds is 4. The van der Waals surface area contributed by atoms with Crippen molar-refractivity contribution in [2.24, 2.45) is 11.7 Å². The molecule has 1 fully saturated rings. The number of nitrogens with zero attached hydrogens (tertiary/aromatic N) is 1. The topological polar surface area (TPSA) is 48.1 Å². The first kappa shape index (κ1) is 10.6. The average Bonchev–Trinajstić information content (AvgIpc) is 2.24. The summed E-state index contributed by atoms with van der Waals surface area (Å²) in [6.45, 7) is 4.51. The van der Waals surface area contributed by atoms with E-state index in [0.29, 0.717) is 5.92 Å². The van der Waals surface area contributed by atoms with Crippen molar-refractivity contribution in [3.63, 3.8) is 0 Å². The Kier molecular flexibility index (Phi) is 3.03. The van der Waals surface area contributed by atoms with Crippen molar-refractivity contribution in [2.75, 3.05) is 19.8 Å². The minimum absolute atomic E-state index is 0.145. The predicted molar refractivity (Wildman–Crippen MR) is 59.6 cm³/mol. The number of aromatic nitrogens is 1. The lowest BCUT2D eigenvalue weighted by Gasteiger charge is -2.47. The number of hydrogen-bond acceptors (Lipinski definition) is 3. The predicted octanol–water partition coefficient (Wildman–Crippen LogP) is 1.33. The maximum atomic E-state index is 5.85. The van der Waals surface area contributed by atoms with Crippen LogP contribution in [0, 0.1) is 5.92 Å². The molecule has 1 saturated heterocycles. The molecule has 2 heterocycles. The molecule has 0 bridgehead atoms. The molecule has 1 aromatic rings. The monoisotopic (exact) mass is 206 g/mol. The Morgan fingerprint density at radius 1 is 1.47 bits per heavy atom. The third-order valence-corrected chi connectivity index (χ3v) is 3.53. The summed E-state index contributed by atoms with van der Waals surface area (Å²) in [6.07, 6.45) is 4.79. The van der Waals surface area contributed by atoms with Crippen molar-refractivity contribution >= 4 is 0 Å². The first-order valence-corrected chi connectivity index (χ1v) is 5.52. The summed E-state index contributed by atoms with van der Waals surface area (Å²) in [4.78, 5) is 4.06. The van der Waals surface area contributed by atoms with Crippen LogP contribution >= 0.6 is 0 Å². The Bertz CT molecular complexity index is 305. The molecule has 1 aromatic heterocycles. The van der Waals surface area contributed by atoms with Crippen LogP contribution in [0.25, 0.3) is 0 Å². The second-order valence-electron chi connectivity index (χ2n) is 4.23. The fourth-order valence-electron chi connectivity index (χ4n) is 2.43. The van der Waals surface area contributed by atoms with Crippen molar-refractivity contribution in [3.8, 4) is 0 Å². The van der Waals surface area contributed by atoms with Crippen molar-refractivity contribution in [3.05, 3.63) is 30.1 Å². The Balaban J connectivity index is 2.29. The van der Waals surface area contributed by atoms with E-state index in [4.69, 9.17) is 10.5 Å². The molecule has 3 nitrogen and oxygen atoms in total. The van der Waals surface area contributed by atoms with Gasteiger partial charge in [0.05, 0.1) is 13.2 Å². The molecule has 1 aliphatic rings. The number of nitrogens with two attached hydrogens (primary N) is 1. The van der Waals surface area contributed by atoms with Crippen LogP contribution in [0.4, 0.5) is 0 Å². The van der Waals surface area contributed by atoms with E-state index in [1.165, 1.54) is 5.56 Å². The van der Waals surface area contributed by atoms with Crippen molar-refractivity contribution < 1.29 is 4.74 Å². The highest BCUT2D eigenvalue weighted by molar-refractivity contribution is 5.27. The second kappa shape index (κ2) is 4.29. The van der Waals surface area contributed by atoms with Crippen molar-refractivity contribution in [1.82, 2.24) is 4.98 Å². The normalized spacial score (nSPS) is 20.7. The largest absolute Gasteiger partial charge is 0.379 e. The fourth-order valence-corrected chi connectivity index (χ4v) is 2.43. The molecule has 1 unspecified atom stereocenters. The van der Waals surface area contributed by atoms with Crippen molar-refractivity contribution in [1.29, 1.82) is 0 Å². The molecular weight excluding hydrogens is 188 g/mol. The quantitative estimate of drug-likeness (QED) is 0.808. The second-order valence-corrected chi connectivity index (χ2v) is 4.23.